The van der Waals surface area contributed by atoms with Gasteiger partial charge in [0.2, 0.25) is 0 Å². The minimum atomic E-state index is 0.683. The Morgan fingerprint density at radius 1 is 0.493 bits per heavy atom. The summed E-state index contributed by atoms with van der Waals surface area (Å²) in [6, 6.07) is 80.8. The molecule has 9 aromatic carbocycles. The minimum absolute atomic E-state index is 0.683. The zero-order valence-corrected chi connectivity index (χ0v) is 38.1. The third-order valence-electron chi connectivity index (χ3n) is 12.7. The maximum atomic E-state index is 5.55. The Labute approximate surface area is 395 Å². The van der Waals surface area contributed by atoms with Crippen molar-refractivity contribution in [1.29, 1.82) is 0 Å². The molecule has 2 nitrogen and oxygen atoms in total. The first-order valence-electron chi connectivity index (χ1n) is 23.3. The van der Waals surface area contributed by atoms with Crippen molar-refractivity contribution in [3.05, 3.63) is 293 Å². The van der Waals surface area contributed by atoms with Crippen molar-refractivity contribution in [3.63, 3.8) is 0 Å². The van der Waals surface area contributed by atoms with Crippen molar-refractivity contribution in [2.45, 2.75) is 25.7 Å². The van der Waals surface area contributed by atoms with Crippen LogP contribution in [-0.2, 0) is 0 Å². The van der Waals surface area contributed by atoms with Crippen LogP contribution in [0.2, 0.25) is 0 Å². The third kappa shape index (κ3) is 9.90. The van der Waals surface area contributed by atoms with Gasteiger partial charge >= 0.3 is 0 Å². The lowest BCUT2D eigenvalue weighted by atomic mass is 9.91. The molecule has 1 aliphatic rings. The highest BCUT2D eigenvalue weighted by Gasteiger charge is 2.24. The van der Waals surface area contributed by atoms with Gasteiger partial charge in [-0.2, -0.15) is 0 Å². The molecule has 2 heteroatoms. The SMILES string of the molecule is COc1ccc(/C(=C/C(=C/c2ccc(N(c3ccc(/C=C/C=C(c4ccccc4)c4ccccc4)cc3)c3ccc(C4CC4)cc3)c3ccccc23)c2ccccc2)c2ccc(C)cc2)cc1. The maximum Gasteiger partial charge on any atom is 0.118 e. The van der Waals surface area contributed by atoms with E-state index in [0.717, 1.165) is 61.8 Å². The summed E-state index contributed by atoms with van der Waals surface area (Å²) in [6.45, 7) is 2.13. The van der Waals surface area contributed by atoms with Crippen molar-refractivity contribution in [3.8, 4) is 5.75 Å². The normalized spacial score (nSPS) is 12.9. The highest BCUT2D eigenvalue weighted by molar-refractivity contribution is 6.06. The Morgan fingerprint density at radius 3 is 1.60 bits per heavy atom. The number of rotatable bonds is 14. The molecule has 0 saturated heterocycles. The van der Waals surface area contributed by atoms with Gasteiger partial charge in [0, 0.05) is 16.8 Å². The number of allylic oxidation sites excluding steroid dienone is 4. The lowest BCUT2D eigenvalue weighted by Gasteiger charge is -2.27. The number of hydrogen-bond donors (Lipinski definition) is 0. The van der Waals surface area contributed by atoms with Crippen LogP contribution < -0.4 is 9.64 Å². The number of fused-ring (bicyclic) bond motifs is 1. The molecule has 9 aromatic rings. The summed E-state index contributed by atoms with van der Waals surface area (Å²) < 4.78 is 5.55. The number of nitrogens with zero attached hydrogens (tertiary/aromatic N) is 1. The third-order valence-corrected chi connectivity index (χ3v) is 12.7. The zero-order valence-electron chi connectivity index (χ0n) is 38.1. The Morgan fingerprint density at radius 2 is 1.01 bits per heavy atom. The fraction of sp³-hybridized carbons (Fsp3) is 0.0769. The average Bonchev–Trinajstić information content (AvgIpc) is 4.25. The van der Waals surface area contributed by atoms with E-state index in [4.69, 9.17) is 4.74 Å². The van der Waals surface area contributed by atoms with Crippen molar-refractivity contribution < 1.29 is 4.74 Å². The molecule has 0 atom stereocenters. The van der Waals surface area contributed by atoms with Gasteiger partial charge in [-0.05, 0) is 147 Å². The number of methoxy groups -OCH3 is 1. The summed E-state index contributed by atoms with van der Waals surface area (Å²) in [5, 5.41) is 2.36. The van der Waals surface area contributed by atoms with Gasteiger partial charge in [-0.1, -0.05) is 206 Å². The van der Waals surface area contributed by atoms with Crippen molar-refractivity contribution in [2.24, 2.45) is 0 Å². The van der Waals surface area contributed by atoms with Crippen LogP contribution in [0.15, 0.2) is 243 Å². The van der Waals surface area contributed by atoms with Crippen LogP contribution in [0, 0.1) is 6.92 Å². The van der Waals surface area contributed by atoms with E-state index in [1.807, 2.05) is 12.1 Å². The van der Waals surface area contributed by atoms with Crippen LogP contribution in [0.4, 0.5) is 17.1 Å². The van der Waals surface area contributed by atoms with E-state index in [9.17, 15) is 0 Å². The molecule has 67 heavy (non-hydrogen) atoms. The smallest absolute Gasteiger partial charge is 0.118 e. The molecule has 0 unspecified atom stereocenters. The van der Waals surface area contributed by atoms with E-state index in [-0.39, 0.29) is 0 Å². The number of anilines is 3. The van der Waals surface area contributed by atoms with E-state index in [0.29, 0.717) is 5.92 Å². The van der Waals surface area contributed by atoms with Gasteiger partial charge in [0.15, 0.2) is 0 Å². The molecule has 0 spiro atoms. The quantitative estimate of drug-likeness (QED) is 0.0798. The molecule has 1 fully saturated rings. The highest BCUT2D eigenvalue weighted by atomic mass is 16.5. The monoisotopic (exact) mass is 863 g/mol. The molecule has 324 valence electrons. The second-order valence-corrected chi connectivity index (χ2v) is 17.3. The second-order valence-electron chi connectivity index (χ2n) is 17.3. The summed E-state index contributed by atoms with van der Waals surface area (Å²) in [6.07, 6.45) is 13.8. The summed E-state index contributed by atoms with van der Waals surface area (Å²) in [7, 11) is 1.71. The predicted molar refractivity (Wildman–Crippen MR) is 285 cm³/mol. The molecule has 1 aliphatic carbocycles. The highest BCUT2D eigenvalue weighted by Crippen LogP contribution is 2.44. The summed E-state index contributed by atoms with van der Waals surface area (Å²) in [4.78, 5) is 2.42. The number of ether oxygens (including phenoxy) is 1. The van der Waals surface area contributed by atoms with Crippen molar-refractivity contribution >= 4 is 56.7 Å². The molecule has 0 bridgehead atoms. The van der Waals surface area contributed by atoms with E-state index in [2.05, 4.69) is 255 Å². The molecule has 1 saturated carbocycles. The van der Waals surface area contributed by atoms with Crippen LogP contribution in [-0.4, -0.2) is 7.11 Å². The van der Waals surface area contributed by atoms with Gasteiger partial charge in [0.05, 0.1) is 12.8 Å². The number of benzene rings is 9. The number of hydrogen-bond acceptors (Lipinski definition) is 2. The fourth-order valence-corrected chi connectivity index (χ4v) is 8.95. The van der Waals surface area contributed by atoms with E-state index < -0.39 is 0 Å². The topological polar surface area (TPSA) is 12.5 Å². The van der Waals surface area contributed by atoms with Gasteiger partial charge in [-0.3, -0.25) is 0 Å². The minimum Gasteiger partial charge on any atom is -0.497 e. The average molecular weight is 864 g/mol. The molecule has 0 aliphatic heterocycles. The Balaban J connectivity index is 1.06. The van der Waals surface area contributed by atoms with E-state index >= 15 is 0 Å². The van der Waals surface area contributed by atoms with Gasteiger partial charge < -0.3 is 9.64 Å². The first kappa shape index (κ1) is 42.7. The first-order chi connectivity index (χ1) is 33.1. The number of aryl methyl sites for hydroxylation is 1. The second kappa shape index (κ2) is 19.9. The summed E-state index contributed by atoms with van der Waals surface area (Å²) in [5.41, 5.74) is 17.6. The van der Waals surface area contributed by atoms with Crippen LogP contribution in [0.1, 0.15) is 68.8 Å². The Hall–Kier alpha value is -8.20. The lowest BCUT2D eigenvalue weighted by molar-refractivity contribution is 0.415. The lowest BCUT2D eigenvalue weighted by Crippen LogP contribution is -2.10. The molecule has 0 N–H and O–H groups in total. The molecule has 0 aromatic heterocycles. The van der Waals surface area contributed by atoms with Crippen LogP contribution in [0.3, 0.4) is 0 Å². The van der Waals surface area contributed by atoms with Crippen LogP contribution in [0.25, 0.3) is 39.6 Å². The van der Waals surface area contributed by atoms with E-state index in [1.54, 1.807) is 7.11 Å². The van der Waals surface area contributed by atoms with Crippen LogP contribution in [0.5, 0.6) is 5.75 Å². The molecule has 10 rings (SSSR count). The standard InChI is InChI=1S/C65H53NO/c1-47-25-29-54(30-26-47)64(55-35-42-60(67-2)43-36-55)46-57(49-16-6-3-7-17-49)45-56-37-44-65(63-23-13-12-22-62(56)63)66(59-40-33-51(34-41-59)50-31-32-50)58-38-27-48(28-39-58)15-14-24-61(52-18-8-4-9-19-52)53-20-10-5-11-21-53/h3-30,33-46,50H,31-32H2,1-2H3/b15-14+,57-45-,64-46+. The summed E-state index contributed by atoms with van der Waals surface area (Å²) >= 11 is 0. The van der Waals surface area contributed by atoms with Gasteiger partial charge in [0.1, 0.15) is 5.75 Å². The van der Waals surface area contributed by atoms with Gasteiger partial charge in [-0.15, -0.1) is 0 Å². The fourth-order valence-electron chi connectivity index (χ4n) is 8.95. The molecule has 0 heterocycles. The zero-order chi connectivity index (χ0) is 45.4. The first-order valence-corrected chi connectivity index (χ1v) is 23.3. The van der Waals surface area contributed by atoms with E-state index in [1.165, 1.54) is 51.4 Å². The Kier molecular flexibility index (Phi) is 12.7. The van der Waals surface area contributed by atoms with Crippen LogP contribution >= 0.6 is 0 Å². The maximum absolute atomic E-state index is 5.55. The molecular formula is C65H53NO. The van der Waals surface area contributed by atoms with Gasteiger partial charge in [0.25, 0.3) is 0 Å². The van der Waals surface area contributed by atoms with Crippen molar-refractivity contribution in [1.82, 2.24) is 0 Å². The molecule has 0 radical (unpaired) electrons. The van der Waals surface area contributed by atoms with Crippen molar-refractivity contribution in [2.75, 3.05) is 12.0 Å². The molecular weight excluding hydrogens is 811 g/mol. The molecule has 0 amide bonds. The van der Waals surface area contributed by atoms with Gasteiger partial charge in [-0.25, -0.2) is 0 Å². The Bertz CT molecular complexity index is 3170. The predicted octanol–water partition coefficient (Wildman–Crippen LogP) is 17.3. The summed E-state index contributed by atoms with van der Waals surface area (Å²) in [5.74, 6) is 1.52. The largest absolute Gasteiger partial charge is 0.497 e.